The Hall–Kier alpha value is -0.950. The van der Waals surface area contributed by atoms with E-state index >= 15 is 0 Å². The van der Waals surface area contributed by atoms with Crippen molar-refractivity contribution in [2.24, 2.45) is 0 Å². The van der Waals surface area contributed by atoms with Gasteiger partial charge in [-0.3, -0.25) is 14.1 Å². The maximum absolute atomic E-state index is 12.4. The van der Waals surface area contributed by atoms with Crippen LogP contribution in [0.3, 0.4) is 0 Å². The average Bonchev–Trinajstić information content (AvgIpc) is 3.11. The third-order valence-corrected chi connectivity index (χ3v) is 10.6. The minimum absolute atomic E-state index is 0.220. The molecule has 310 valence electrons. The minimum atomic E-state index is -4.75. The summed E-state index contributed by atoms with van der Waals surface area (Å²) in [6.45, 7) is 3.72. The van der Waals surface area contributed by atoms with Gasteiger partial charge in [0.05, 0.1) is 6.61 Å². The molecule has 0 saturated heterocycles. The summed E-state index contributed by atoms with van der Waals surface area (Å²) in [6, 6.07) is 0. The number of phosphoric acid groups is 1. The van der Waals surface area contributed by atoms with E-state index in [1.165, 1.54) is 180 Å². The van der Waals surface area contributed by atoms with Crippen LogP contribution in [0.25, 0.3) is 0 Å². The Labute approximate surface area is 321 Å². The van der Waals surface area contributed by atoms with Gasteiger partial charge >= 0.3 is 19.8 Å². The Morgan fingerprint density at radius 3 is 0.981 bits per heavy atom. The van der Waals surface area contributed by atoms with E-state index in [0.29, 0.717) is 6.42 Å². The van der Waals surface area contributed by atoms with E-state index in [1.807, 2.05) is 0 Å². The first kappa shape index (κ1) is 51.0. The lowest BCUT2D eigenvalue weighted by molar-refractivity contribution is -0.161. The first-order chi connectivity index (χ1) is 25.3. The van der Waals surface area contributed by atoms with Crippen LogP contribution in [0.5, 0.6) is 0 Å². The normalized spacial score (nSPS) is 12.3. The average molecular weight is 761 g/mol. The SMILES string of the molecule is CCCCCCCCCCCCCCCCCCCCCCC(=O)OC[C@H](COP(=O)(O)O)OC(=O)CCCCCCCCCCCCCCCC. The maximum Gasteiger partial charge on any atom is 0.469 e. The first-order valence-electron chi connectivity index (χ1n) is 22.3. The summed E-state index contributed by atoms with van der Waals surface area (Å²) in [7, 11) is -4.75. The highest BCUT2D eigenvalue weighted by Crippen LogP contribution is 2.36. The predicted molar refractivity (Wildman–Crippen MR) is 216 cm³/mol. The molecule has 0 spiro atoms. The maximum atomic E-state index is 12.4. The highest BCUT2D eigenvalue weighted by Gasteiger charge is 2.23. The monoisotopic (exact) mass is 761 g/mol. The van der Waals surface area contributed by atoms with Gasteiger partial charge in [-0.2, -0.15) is 0 Å². The largest absolute Gasteiger partial charge is 0.469 e. The lowest BCUT2D eigenvalue weighted by Gasteiger charge is -2.18. The number of carbonyl (C=O) groups excluding carboxylic acids is 2. The second kappa shape index (κ2) is 39.7. The topological polar surface area (TPSA) is 119 Å². The van der Waals surface area contributed by atoms with Crippen LogP contribution >= 0.6 is 7.82 Å². The molecule has 0 amide bonds. The molecule has 8 nitrogen and oxygen atoms in total. The van der Waals surface area contributed by atoms with Gasteiger partial charge in [0.2, 0.25) is 0 Å². The molecular formula is C43H85O8P. The van der Waals surface area contributed by atoms with Crippen molar-refractivity contribution in [1.82, 2.24) is 0 Å². The molecule has 0 unspecified atom stereocenters. The second-order valence-corrected chi connectivity index (χ2v) is 16.6. The quantitative estimate of drug-likeness (QED) is 0.0358. The van der Waals surface area contributed by atoms with Crippen molar-refractivity contribution < 1.29 is 37.9 Å². The number of carbonyl (C=O) groups is 2. The fourth-order valence-corrected chi connectivity index (χ4v) is 7.15. The number of phosphoric ester groups is 1. The van der Waals surface area contributed by atoms with Crippen molar-refractivity contribution in [2.75, 3.05) is 13.2 Å². The van der Waals surface area contributed by atoms with E-state index in [1.54, 1.807) is 0 Å². The number of hydrogen-bond acceptors (Lipinski definition) is 6. The predicted octanol–water partition coefficient (Wildman–Crippen LogP) is 13.6. The van der Waals surface area contributed by atoms with E-state index in [-0.39, 0.29) is 19.4 Å². The van der Waals surface area contributed by atoms with Crippen molar-refractivity contribution >= 4 is 19.8 Å². The van der Waals surface area contributed by atoms with Crippen LogP contribution in [0.2, 0.25) is 0 Å². The smallest absolute Gasteiger partial charge is 0.462 e. The summed E-state index contributed by atoms with van der Waals surface area (Å²) in [5.74, 6) is -0.866. The van der Waals surface area contributed by atoms with Gasteiger partial charge in [-0.1, -0.05) is 219 Å². The van der Waals surface area contributed by atoms with Crippen LogP contribution in [0.15, 0.2) is 0 Å². The number of hydrogen-bond donors (Lipinski definition) is 2. The highest BCUT2D eigenvalue weighted by atomic mass is 31.2. The van der Waals surface area contributed by atoms with Gasteiger partial charge in [-0.15, -0.1) is 0 Å². The molecule has 0 heterocycles. The summed E-state index contributed by atoms with van der Waals surface area (Å²) in [6.07, 6.45) is 42.6. The fourth-order valence-electron chi connectivity index (χ4n) is 6.79. The molecule has 0 radical (unpaired) electrons. The van der Waals surface area contributed by atoms with Crippen LogP contribution < -0.4 is 0 Å². The van der Waals surface area contributed by atoms with E-state index < -0.39 is 32.5 Å². The number of unbranched alkanes of at least 4 members (excludes halogenated alkanes) is 32. The fraction of sp³-hybridized carbons (Fsp3) is 0.953. The van der Waals surface area contributed by atoms with Gasteiger partial charge < -0.3 is 19.3 Å². The zero-order valence-electron chi connectivity index (χ0n) is 34.2. The molecule has 0 rings (SSSR count). The molecule has 0 aromatic carbocycles. The molecule has 52 heavy (non-hydrogen) atoms. The van der Waals surface area contributed by atoms with E-state index in [9.17, 15) is 14.2 Å². The van der Waals surface area contributed by atoms with E-state index in [2.05, 4.69) is 18.4 Å². The molecule has 0 fully saturated rings. The third-order valence-electron chi connectivity index (χ3n) is 10.1. The number of ether oxygens (including phenoxy) is 2. The van der Waals surface area contributed by atoms with Crippen LogP contribution in [-0.4, -0.2) is 41.0 Å². The molecule has 0 aliphatic carbocycles. The zero-order valence-corrected chi connectivity index (χ0v) is 35.1. The van der Waals surface area contributed by atoms with Crippen molar-refractivity contribution in [1.29, 1.82) is 0 Å². The molecule has 0 aliphatic rings. The number of esters is 2. The van der Waals surface area contributed by atoms with Gasteiger partial charge in [-0.05, 0) is 12.8 Å². The minimum Gasteiger partial charge on any atom is -0.462 e. The Bertz CT molecular complexity index is 817. The summed E-state index contributed by atoms with van der Waals surface area (Å²) >= 11 is 0. The Balaban J connectivity index is 3.80. The lowest BCUT2D eigenvalue weighted by atomic mass is 10.0. The highest BCUT2D eigenvalue weighted by molar-refractivity contribution is 7.46. The standard InChI is InChI=1S/C43H85O8P/c1-3-5-7-9-11-13-15-17-19-20-21-22-23-24-26-27-29-31-33-35-37-42(44)49-39-41(40-50-52(46,47)48)51-43(45)38-36-34-32-30-28-25-18-16-14-12-10-8-6-4-2/h41H,3-40H2,1-2H3,(H2,46,47,48)/t41-/m1/s1. The van der Waals surface area contributed by atoms with Crippen molar-refractivity contribution in [3.05, 3.63) is 0 Å². The van der Waals surface area contributed by atoms with Crippen LogP contribution in [0, 0.1) is 0 Å². The molecule has 0 saturated carbocycles. The Morgan fingerprint density at radius 2 is 0.692 bits per heavy atom. The van der Waals surface area contributed by atoms with Gasteiger partial charge in [0.15, 0.2) is 6.10 Å². The second-order valence-electron chi connectivity index (χ2n) is 15.4. The van der Waals surface area contributed by atoms with Crippen LogP contribution in [-0.2, 0) is 28.2 Å². The Kier molecular flexibility index (Phi) is 39.0. The molecule has 0 bridgehead atoms. The van der Waals surface area contributed by atoms with Crippen molar-refractivity contribution in [2.45, 2.75) is 251 Å². The van der Waals surface area contributed by atoms with Gasteiger partial charge in [-0.25, -0.2) is 4.57 Å². The zero-order chi connectivity index (χ0) is 38.2. The first-order valence-corrected chi connectivity index (χ1v) is 23.9. The van der Waals surface area contributed by atoms with Crippen LogP contribution in [0.4, 0.5) is 0 Å². The third kappa shape index (κ3) is 41.8. The summed E-state index contributed by atoms with van der Waals surface area (Å²) in [5.41, 5.74) is 0. The molecule has 0 aromatic rings. The molecule has 1 atom stereocenters. The Morgan fingerprint density at radius 1 is 0.423 bits per heavy atom. The summed E-state index contributed by atoms with van der Waals surface area (Å²) in [5, 5.41) is 0. The summed E-state index contributed by atoms with van der Waals surface area (Å²) < 4.78 is 26.4. The van der Waals surface area contributed by atoms with Gasteiger partial charge in [0.25, 0.3) is 0 Å². The summed E-state index contributed by atoms with van der Waals surface area (Å²) in [4.78, 5) is 42.9. The van der Waals surface area contributed by atoms with E-state index in [4.69, 9.17) is 19.3 Å². The van der Waals surface area contributed by atoms with Crippen molar-refractivity contribution in [3.63, 3.8) is 0 Å². The van der Waals surface area contributed by atoms with Crippen molar-refractivity contribution in [3.8, 4) is 0 Å². The molecule has 9 heteroatoms. The van der Waals surface area contributed by atoms with E-state index in [0.717, 1.165) is 32.1 Å². The molecule has 2 N–H and O–H groups in total. The van der Waals surface area contributed by atoms with Gasteiger partial charge in [0.1, 0.15) is 6.61 Å². The molecule has 0 aliphatic heterocycles. The molecule has 0 aromatic heterocycles. The van der Waals surface area contributed by atoms with Gasteiger partial charge in [0, 0.05) is 12.8 Å². The molecular weight excluding hydrogens is 675 g/mol. The van der Waals surface area contributed by atoms with Crippen LogP contribution in [0.1, 0.15) is 245 Å². The lowest BCUT2D eigenvalue weighted by Crippen LogP contribution is -2.29. The number of rotatable bonds is 42.